The highest BCUT2D eigenvalue weighted by Gasteiger charge is 2.10. The van der Waals surface area contributed by atoms with E-state index in [2.05, 4.69) is 30.5 Å². The summed E-state index contributed by atoms with van der Waals surface area (Å²) in [6, 6.07) is 7.50. The Kier molecular flexibility index (Phi) is 5.29. The minimum Gasteiger partial charge on any atom is -0.495 e. The van der Waals surface area contributed by atoms with Gasteiger partial charge in [-0.3, -0.25) is 0 Å². The summed E-state index contributed by atoms with van der Waals surface area (Å²) in [6.07, 6.45) is 1.69. The van der Waals surface area contributed by atoms with Crippen molar-refractivity contribution in [2.75, 3.05) is 18.2 Å². The van der Waals surface area contributed by atoms with Crippen molar-refractivity contribution < 1.29 is 4.74 Å². The van der Waals surface area contributed by atoms with Crippen molar-refractivity contribution in [3.05, 3.63) is 36.4 Å². The fourth-order valence-corrected chi connectivity index (χ4v) is 2.96. The molecule has 0 saturated heterocycles. The average Bonchev–Trinajstić information content (AvgIpc) is 3.07. The monoisotopic (exact) mass is 358 g/mol. The van der Waals surface area contributed by atoms with E-state index in [0.717, 1.165) is 17.4 Å². The van der Waals surface area contributed by atoms with Crippen LogP contribution in [0.25, 0.3) is 0 Å². The van der Waals surface area contributed by atoms with Crippen LogP contribution >= 0.6 is 11.8 Å². The van der Waals surface area contributed by atoms with Gasteiger partial charge in [0.15, 0.2) is 5.16 Å². The lowest BCUT2D eigenvalue weighted by molar-refractivity contribution is 0.417. The third-order valence-electron chi connectivity index (χ3n) is 3.30. The molecule has 130 valence electrons. The van der Waals surface area contributed by atoms with Crippen molar-refractivity contribution in [1.29, 1.82) is 0 Å². The SMILES string of the molecule is CCn1cnnc1SCc1nc(N)nc(Nc2ccccc2OC)n1. The quantitative estimate of drug-likeness (QED) is 0.612. The summed E-state index contributed by atoms with van der Waals surface area (Å²) in [5.41, 5.74) is 6.56. The summed E-state index contributed by atoms with van der Waals surface area (Å²) in [5, 5.41) is 11.9. The zero-order valence-electron chi connectivity index (χ0n) is 13.9. The molecule has 0 aliphatic carbocycles. The number of anilines is 3. The molecule has 0 saturated carbocycles. The van der Waals surface area contributed by atoms with Crippen molar-refractivity contribution in [3.8, 4) is 5.75 Å². The Morgan fingerprint density at radius 1 is 1.24 bits per heavy atom. The van der Waals surface area contributed by atoms with Gasteiger partial charge in [0.2, 0.25) is 11.9 Å². The summed E-state index contributed by atoms with van der Waals surface area (Å²) in [4.78, 5) is 12.7. The molecule has 25 heavy (non-hydrogen) atoms. The maximum absolute atomic E-state index is 5.81. The van der Waals surface area contributed by atoms with Crippen LogP contribution in [0.1, 0.15) is 12.7 Å². The van der Waals surface area contributed by atoms with Crippen molar-refractivity contribution in [2.24, 2.45) is 0 Å². The van der Waals surface area contributed by atoms with Crippen LogP contribution in [0.15, 0.2) is 35.7 Å². The van der Waals surface area contributed by atoms with Crippen LogP contribution in [0.3, 0.4) is 0 Å². The molecule has 0 bridgehead atoms. The second-order valence-corrected chi connectivity index (χ2v) is 5.89. The molecule has 1 aromatic carbocycles. The highest BCUT2D eigenvalue weighted by Crippen LogP contribution is 2.26. The highest BCUT2D eigenvalue weighted by atomic mass is 32.2. The molecule has 3 N–H and O–H groups in total. The molecule has 0 radical (unpaired) electrons. The average molecular weight is 358 g/mol. The number of rotatable bonds is 7. The molecule has 2 heterocycles. The molecular formula is C15H18N8OS. The van der Waals surface area contributed by atoms with Crippen molar-refractivity contribution in [3.63, 3.8) is 0 Å². The number of ether oxygens (including phenoxy) is 1. The first-order valence-electron chi connectivity index (χ1n) is 7.60. The molecular weight excluding hydrogens is 340 g/mol. The second-order valence-electron chi connectivity index (χ2n) is 4.95. The number of aromatic nitrogens is 6. The lowest BCUT2D eigenvalue weighted by atomic mass is 10.3. The van der Waals surface area contributed by atoms with E-state index in [4.69, 9.17) is 10.5 Å². The summed E-state index contributed by atoms with van der Waals surface area (Å²) in [7, 11) is 1.61. The lowest BCUT2D eigenvalue weighted by Gasteiger charge is -2.10. The summed E-state index contributed by atoms with van der Waals surface area (Å²) in [5.74, 6) is 2.27. The van der Waals surface area contributed by atoms with Crippen LogP contribution in [-0.2, 0) is 12.3 Å². The molecule has 3 aromatic rings. The molecule has 9 nitrogen and oxygen atoms in total. The Morgan fingerprint density at radius 3 is 2.88 bits per heavy atom. The van der Waals surface area contributed by atoms with Gasteiger partial charge in [0.25, 0.3) is 0 Å². The lowest BCUT2D eigenvalue weighted by Crippen LogP contribution is -2.07. The van der Waals surface area contributed by atoms with Gasteiger partial charge < -0.3 is 20.4 Å². The molecule has 0 fully saturated rings. The molecule has 0 aliphatic rings. The maximum Gasteiger partial charge on any atom is 0.232 e. The minimum atomic E-state index is 0.153. The fourth-order valence-electron chi connectivity index (χ4n) is 2.13. The van der Waals surface area contributed by atoms with Gasteiger partial charge in [-0.15, -0.1) is 10.2 Å². The zero-order chi connectivity index (χ0) is 17.6. The number of benzene rings is 1. The smallest absolute Gasteiger partial charge is 0.232 e. The van der Waals surface area contributed by atoms with Crippen molar-refractivity contribution in [1.82, 2.24) is 29.7 Å². The van der Waals surface area contributed by atoms with Crippen LogP contribution < -0.4 is 15.8 Å². The number of para-hydroxylation sites is 2. The van der Waals surface area contributed by atoms with E-state index in [1.807, 2.05) is 35.8 Å². The van der Waals surface area contributed by atoms with Crippen LogP contribution in [0, 0.1) is 0 Å². The number of aryl methyl sites for hydroxylation is 1. The van der Waals surface area contributed by atoms with Crippen LogP contribution in [0.2, 0.25) is 0 Å². The Labute approximate surface area is 149 Å². The Hall–Kier alpha value is -2.88. The molecule has 0 unspecified atom stereocenters. The molecule has 0 atom stereocenters. The number of nitrogens with zero attached hydrogens (tertiary/aromatic N) is 6. The minimum absolute atomic E-state index is 0.153. The first-order chi connectivity index (χ1) is 12.2. The van der Waals surface area contributed by atoms with Crippen LogP contribution in [-0.4, -0.2) is 36.8 Å². The van der Waals surface area contributed by atoms with E-state index in [9.17, 15) is 0 Å². The Bertz CT molecular complexity index is 853. The molecule has 0 amide bonds. The first-order valence-corrected chi connectivity index (χ1v) is 8.59. The normalized spacial score (nSPS) is 10.6. The van der Waals surface area contributed by atoms with Crippen LogP contribution in [0.4, 0.5) is 17.6 Å². The van der Waals surface area contributed by atoms with Gasteiger partial charge in [-0.1, -0.05) is 23.9 Å². The predicted octanol–water partition coefficient (Wildman–Crippen LogP) is 2.11. The number of nitrogens with two attached hydrogens (primary N) is 1. The number of nitrogen functional groups attached to an aromatic ring is 1. The Balaban J connectivity index is 1.76. The molecule has 0 spiro atoms. The summed E-state index contributed by atoms with van der Waals surface area (Å²) < 4.78 is 7.26. The van der Waals surface area contributed by atoms with E-state index in [0.29, 0.717) is 23.3 Å². The number of methoxy groups -OCH3 is 1. The number of hydrogen-bond donors (Lipinski definition) is 2. The van der Waals surface area contributed by atoms with E-state index < -0.39 is 0 Å². The van der Waals surface area contributed by atoms with Crippen molar-refractivity contribution >= 4 is 29.3 Å². The third-order valence-corrected chi connectivity index (χ3v) is 4.28. The van der Waals surface area contributed by atoms with Gasteiger partial charge in [0.05, 0.1) is 18.6 Å². The summed E-state index contributed by atoms with van der Waals surface area (Å²) >= 11 is 1.49. The standard InChI is InChI=1S/C15H18N8OS/c1-3-23-9-17-22-15(23)25-8-12-19-13(16)21-14(20-12)18-10-6-4-5-7-11(10)24-2/h4-7,9H,3,8H2,1-2H3,(H3,16,18,19,20,21). The van der Waals surface area contributed by atoms with Gasteiger partial charge in [-0.2, -0.15) is 15.0 Å². The Morgan fingerprint density at radius 2 is 2.08 bits per heavy atom. The molecule has 0 aliphatic heterocycles. The van der Waals surface area contributed by atoms with Crippen molar-refractivity contribution in [2.45, 2.75) is 24.4 Å². The first kappa shape index (κ1) is 17.0. The topological polar surface area (TPSA) is 117 Å². The van der Waals surface area contributed by atoms with Gasteiger partial charge >= 0.3 is 0 Å². The number of hydrogen-bond acceptors (Lipinski definition) is 9. The zero-order valence-corrected chi connectivity index (χ0v) is 14.7. The maximum atomic E-state index is 5.81. The van der Waals surface area contributed by atoms with Gasteiger partial charge in [0, 0.05) is 6.54 Å². The molecule has 3 rings (SSSR count). The third kappa shape index (κ3) is 4.15. The van der Waals surface area contributed by atoms with E-state index in [1.54, 1.807) is 13.4 Å². The number of thioether (sulfide) groups is 1. The van der Waals surface area contributed by atoms with E-state index in [1.165, 1.54) is 11.8 Å². The van der Waals surface area contributed by atoms with Gasteiger partial charge in [0.1, 0.15) is 17.9 Å². The second kappa shape index (κ2) is 7.79. The predicted molar refractivity (Wildman–Crippen MR) is 95.8 cm³/mol. The molecule has 10 heteroatoms. The largest absolute Gasteiger partial charge is 0.495 e. The number of nitrogens with one attached hydrogen (secondary N) is 1. The van der Waals surface area contributed by atoms with E-state index in [-0.39, 0.29) is 5.95 Å². The highest BCUT2D eigenvalue weighted by molar-refractivity contribution is 7.98. The van der Waals surface area contributed by atoms with Crippen LogP contribution in [0.5, 0.6) is 5.75 Å². The van der Waals surface area contributed by atoms with Gasteiger partial charge in [-0.25, -0.2) is 0 Å². The molecule has 2 aromatic heterocycles. The fraction of sp³-hybridized carbons (Fsp3) is 0.267. The van der Waals surface area contributed by atoms with E-state index >= 15 is 0 Å². The van der Waals surface area contributed by atoms with Gasteiger partial charge in [-0.05, 0) is 19.1 Å². The summed E-state index contributed by atoms with van der Waals surface area (Å²) in [6.45, 7) is 2.83.